The molecule has 0 saturated carbocycles. The predicted molar refractivity (Wildman–Crippen MR) is 68.2 cm³/mol. The molecular weight excluding hydrogens is 268 g/mol. The summed E-state index contributed by atoms with van der Waals surface area (Å²) in [7, 11) is 0. The van der Waals surface area contributed by atoms with E-state index in [1.807, 2.05) is 0 Å². The second-order valence-electron chi connectivity index (χ2n) is 4.10. The molecule has 7 heteroatoms. The first-order valence-corrected chi connectivity index (χ1v) is 5.79. The molecule has 1 aromatic carbocycles. The van der Waals surface area contributed by atoms with Gasteiger partial charge >= 0.3 is 0 Å². The average Bonchev–Trinajstić information content (AvgIpc) is 2.41. The lowest BCUT2D eigenvalue weighted by atomic mass is 10.2. The first kappa shape index (κ1) is 13.9. The van der Waals surface area contributed by atoms with Gasteiger partial charge < -0.3 is 5.32 Å². The van der Waals surface area contributed by atoms with Crippen LogP contribution in [0, 0.1) is 11.6 Å². The number of amides is 1. The second kappa shape index (κ2) is 5.60. The third-order valence-electron chi connectivity index (χ3n) is 2.68. The van der Waals surface area contributed by atoms with Crippen molar-refractivity contribution in [2.24, 2.45) is 0 Å². The molecule has 0 spiro atoms. The van der Waals surface area contributed by atoms with Gasteiger partial charge in [-0.3, -0.25) is 9.59 Å². The summed E-state index contributed by atoms with van der Waals surface area (Å²) in [6.07, 6.45) is 1.36. The lowest BCUT2D eigenvalue weighted by Gasteiger charge is -2.13. The van der Waals surface area contributed by atoms with Gasteiger partial charge in [0.2, 0.25) is 5.91 Å². The SMILES string of the molecule is CC(C(=O)Nc1ccc(F)cc1F)n1ncccc1=O. The molecule has 0 saturated heterocycles. The normalized spacial score (nSPS) is 11.9. The zero-order valence-corrected chi connectivity index (χ0v) is 10.5. The van der Waals surface area contributed by atoms with E-state index < -0.39 is 29.1 Å². The third kappa shape index (κ3) is 2.87. The third-order valence-corrected chi connectivity index (χ3v) is 2.68. The number of anilines is 1. The van der Waals surface area contributed by atoms with Gasteiger partial charge in [-0.1, -0.05) is 0 Å². The first-order chi connectivity index (χ1) is 9.49. The largest absolute Gasteiger partial charge is 0.322 e. The zero-order valence-electron chi connectivity index (χ0n) is 10.5. The molecule has 1 unspecified atom stereocenters. The highest BCUT2D eigenvalue weighted by Crippen LogP contribution is 2.16. The maximum atomic E-state index is 13.4. The summed E-state index contributed by atoms with van der Waals surface area (Å²) in [6.45, 7) is 1.45. The predicted octanol–water partition coefficient (Wildman–Crippen LogP) is 1.72. The van der Waals surface area contributed by atoms with Gasteiger partial charge in [-0.15, -0.1) is 0 Å². The molecule has 104 valence electrons. The molecule has 0 radical (unpaired) electrons. The highest BCUT2D eigenvalue weighted by molar-refractivity contribution is 5.93. The Morgan fingerprint density at radius 1 is 1.35 bits per heavy atom. The topological polar surface area (TPSA) is 64.0 Å². The monoisotopic (exact) mass is 279 g/mol. The van der Waals surface area contributed by atoms with Crippen molar-refractivity contribution in [3.05, 3.63) is 58.5 Å². The van der Waals surface area contributed by atoms with Crippen LogP contribution in [-0.4, -0.2) is 15.7 Å². The minimum atomic E-state index is -0.923. The summed E-state index contributed by atoms with van der Waals surface area (Å²) in [6, 6.07) is 4.58. The Bertz CT molecular complexity index is 700. The Labute approximate surface area is 112 Å². The Morgan fingerprint density at radius 2 is 2.10 bits per heavy atom. The second-order valence-corrected chi connectivity index (χ2v) is 4.10. The molecule has 0 aliphatic carbocycles. The van der Waals surface area contributed by atoms with Crippen LogP contribution in [0.15, 0.2) is 41.3 Å². The molecule has 2 rings (SSSR count). The van der Waals surface area contributed by atoms with Crippen molar-refractivity contribution in [3.63, 3.8) is 0 Å². The number of halogens is 2. The van der Waals surface area contributed by atoms with Gasteiger partial charge in [-0.05, 0) is 25.1 Å². The molecule has 0 fully saturated rings. The fourth-order valence-electron chi connectivity index (χ4n) is 1.60. The van der Waals surface area contributed by atoms with Crippen LogP contribution < -0.4 is 10.9 Å². The lowest BCUT2D eigenvalue weighted by molar-refractivity contribution is -0.119. The number of nitrogens with one attached hydrogen (secondary N) is 1. The van der Waals surface area contributed by atoms with Crippen molar-refractivity contribution in [3.8, 4) is 0 Å². The van der Waals surface area contributed by atoms with Crippen LogP contribution in [0.5, 0.6) is 0 Å². The van der Waals surface area contributed by atoms with E-state index >= 15 is 0 Å². The van der Waals surface area contributed by atoms with Crippen molar-refractivity contribution >= 4 is 11.6 Å². The standard InChI is InChI=1S/C13H11F2N3O2/c1-8(18-12(19)3-2-6-16-18)13(20)17-11-5-4-9(14)7-10(11)15/h2-8H,1H3,(H,17,20). The van der Waals surface area contributed by atoms with E-state index in [-0.39, 0.29) is 5.69 Å². The Hall–Kier alpha value is -2.57. The molecule has 1 aromatic heterocycles. The number of hydrogen-bond acceptors (Lipinski definition) is 3. The number of benzene rings is 1. The van der Waals surface area contributed by atoms with Gasteiger partial charge in [0.25, 0.3) is 5.56 Å². The summed E-state index contributed by atoms with van der Waals surface area (Å²) in [5.74, 6) is -2.26. The summed E-state index contributed by atoms with van der Waals surface area (Å²) in [4.78, 5) is 23.5. The molecular formula is C13H11F2N3O2. The first-order valence-electron chi connectivity index (χ1n) is 5.79. The molecule has 5 nitrogen and oxygen atoms in total. The number of nitrogens with zero attached hydrogens (tertiary/aromatic N) is 2. The summed E-state index contributed by atoms with van der Waals surface area (Å²) in [5, 5.41) is 6.05. The van der Waals surface area contributed by atoms with E-state index in [1.165, 1.54) is 25.3 Å². The number of aromatic nitrogens is 2. The van der Waals surface area contributed by atoms with Crippen molar-refractivity contribution < 1.29 is 13.6 Å². The van der Waals surface area contributed by atoms with Crippen LogP contribution in [0.2, 0.25) is 0 Å². The van der Waals surface area contributed by atoms with Crippen molar-refractivity contribution in [2.75, 3.05) is 5.32 Å². The summed E-state index contributed by atoms with van der Waals surface area (Å²) < 4.78 is 27.1. The van der Waals surface area contributed by atoms with Gasteiger partial charge in [-0.25, -0.2) is 13.5 Å². The smallest absolute Gasteiger partial charge is 0.267 e. The molecule has 2 aromatic rings. The molecule has 1 heterocycles. The maximum absolute atomic E-state index is 13.4. The van der Waals surface area contributed by atoms with Gasteiger partial charge in [0.15, 0.2) is 0 Å². The van der Waals surface area contributed by atoms with Gasteiger partial charge in [0.1, 0.15) is 17.7 Å². The number of carbonyl (C=O) groups is 1. The number of carbonyl (C=O) groups excluding carboxylic acids is 1. The van der Waals surface area contributed by atoms with Gasteiger partial charge in [0, 0.05) is 18.3 Å². The molecule has 1 N–H and O–H groups in total. The Morgan fingerprint density at radius 3 is 2.75 bits per heavy atom. The van der Waals surface area contributed by atoms with Crippen molar-refractivity contribution in [2.45, 2.75) is 13.0 Å². The van der Waals surface area contributed by atoms with Crippen molar-refractivity contribution in [1.82, 2.24) is 9.78 Å². The van der Waals surface area contributed by atoms with E-state index in [0.29, 0.717) is 6.07 Å². The summed E-state index contributed by atoms with van der Waals surface area (Å²) in [5.41, 5.74) is -0.609. The van der Waals surface area contributed by atoms with Crippen molar-refractivity contribution in [1.29, 1.82) is 0 Å². The zero-order chi connectivity index (χ0) is 14.7. The lowest BCUT2D eigenvalue weighted by Crippen LogP contribution is -2.32. The van der Waals surface area contributed by atoms with Crippen LogP contribution in [0.4, 0.5) is 14.5 Å². The Kier molecular flexibility index (Phi) is 3.88. The molecule has 1 amide bonds. The van der Waals surface area contributed by atoms with E-state index in [9.17, 15) is 18.4 Å². The van der Waals surface area contributed by atoms with E-state index in [4.69, 9.17) is 0 Å². The molecule has 0 bridgehead atoms. The summed E-state index contributed by atoms with van der Waals surface area (Å²) >= 11 is 0. The van der Waals surface area contributed by atoms with Crippen LogP contribution in [0.1, 0.15) is 13.0 Å². The van der Waals surface area contributed by atoms with E-state index in [2.05, 4.69) is 10.4 Å². The minimum absolute atomic E-state index is 0.160. The number of hydrogen-bond donors (Lipinski definition) is 1. The van der Waals surface area contributed by atoms with Gasteiger partial charge in [-0.2, -0.15) is 5.10 Å². The van der Waals surface area contributed by atoms with Crippen LogP contribution >= 0.6 is 0 Å². The van der Waals surface area contributed by atoms with Crippen LogP contribution in [0.3, 0.4) is 0 Å². The number of rotatable bonds is 3. The molecule has 1 atom stereocenters. The van der Waals surface area contributed by atoms with Gasteiger partial charge in [0.05, 0.1) is 5.69 Å². The van der Waals surface area contributed by atoms with E-state index in [0.717, 1.165) is 16.8 Å². The van der Waals surface area contributed by atoms with Crippen LogP contribution in [-0.2, 0) is 4.79 Å². The Balaban J connectivity index is 2.20. The van der Waals surface area contributed by atoms with Crippen LogP contribution in [0.25, 0.3) is 0 Å². The average molecular weight is 279 g/mol. The highest BCUT2D eigenvalue weighted by Gasteiger charge is 2.18. The molecule has 0 aliphatic heterocycles. The maximum Gasteiger partial charge on any atom is 0.267 e. The molecule has 0 aliphatic rings. The quantitative estimate of drug-likeness (QED) is 0.930. The molecule has 20 heavy (non-hydrogen) atoms. The minimum Gasteiger partial charge on any atom is -0.322 e. The fraction of sp³-hybridized carbons (Fsp3) is 0.154. The fourth-order valence-corrected chi connectivity index (χ4v) is 1.60. The highest BCUT2D eigenvalue weighted by atomic mass is 19.1. The van der Waals surface area contributed by atoms with E-state index in [1.54, 1.807) is 0 Å².